The molecule has 4 heteroatoms. The third kappa shape index (κ3) is 4.97. The van der Waals surface area contributed by atoms with Gasteiger partial charge in [0.15, 0.2) is 0 Å². The van der Waals surface area contributed by atoms with Crippen LogP contribution >= 0.6 is 27.7 Å². The van der Waals surface area contributed by atoms with E-state index in [1.165, 1.54) is 23.4 Å². The van der Waals surface area contributed by atoms with E-state index in [1.807, 2.05) is 11.8 Å². The molecular formula is C16H27BrN2S. The minimum atomic E-state index is 0.373. The quantitative estimate of drug-likeness (QED) is 0.724. The largest absolute Gasteiger partial charge is 0.372 e. The van der Waals surface area contributed by atoms with Crippen LogP contribution in [0.15, 0.2) is 22.7 Å². The number of rotatable bonds is 8. The lowest BCUT2D eigenvalue weighted by Crippen LogP contribution is -2.31. The average molecular weight is 359 g/mol. The Labute approximate surface area is 136 Å². The van der Waals surface area contributed by atoms with Gasteiger partial charge in [-0.1, -0.05) is 28.9 Å². The Hall–Kier alpha value is -0.190. The minimum Gasteiger partial charge on any atom is -0.372 e. The summed E-state index contributed by atoms with van der Waals surface area (Å²) in [5.74, 6) is 1.21. The van der Waals surface area contributed by atoms with Gasteiger partial charge in [-0.2, -0.15) is 11.8 Å². The maximum Gasteiger partial charge on any atom is 0.0425 e. The van der Waals surface area contributed by atoms with Gasteiger partial charge in [0.05, 0.1) is 0 Å². The number of nitrogens with zero attached hydrogens (tertiary/aromatic N) is 1. The van der Waals surface area contributed by atoms with Crippen molar-refractivity contribution in [2.75, 3.05) is 30.5 Å². The SMILES string of the molecule is CCNC(C)c1ccc(Br)cc1N(C)C(C)CCSC. The first-order valence-electron chi connectivity index (χ1n) is 7.25. The molecule has 0 aliphatic heterocycles. The first-order chi connectivity index (χ1) is 9.51. The maximum absolute atomic E-state index is 3.60. The van der Waals surface area contributed by atoms with Gasteiger partial charge in [0.1, 0.15) is 0 Å². The van der Waals surface area contributed by atoms with Crippen molar-refractivity contribution in [3.63, 3.8) is 0 Å². The third-order valence-corrected chi connectivity index (χ3v) is 4.89. The Kier molecular flexibility index (Phi) is 8.00. The summed E-state index contributed by atoms with van der Waals surface area (Å²) in [5, 5.41) is 3.51. The van der Waals surface area contributed by atoms with Gasteiger partial charge in [0.2, 0.25) is 0 Å². The normalized spacial score (nSPS) is 14.1. The van der Waals surface area contributed by atoms with E-state index in [2.05, 4.69) is 78.4 Å². The molecule has 0 fully saturated rings. The lowest BCUT2D eigenvalue weighted by Gasteiger charge is -2.31. The van der Waals surface area contributed by atoms with Crippen LogP contribution in [-0.4, -0.2) is 31.6 Å². The van der Waals surface area contributed by atoms with E-state index < -0.39 is 0 Å². The van der Waals surface area contributed by atoms with Crippen LogP contribution in [-0.2, 0) is 0 Å². The van der Waals surface area contributed by atoms with Gasteiger partial charge in [-0.25, -0.2) is 0 Å². The standard InChI is InChI=1S/C16H27BrN2S/c1-6-18-13(3)15-8-7-14(17)11-16(15)19(4)12(2)9-10-20-5/h7-8,11-13,18H,6,9-10H2,1-5H3. The number of halogens is 1. The zero-order chi connectivity index (χ0) is 15.1. The van der Waals surface area contributed by atoms with Crippen molar-refractivity contribution in [3.8, 4) is 0 Å². The average Bonchev–Trinajstić information content (AvgIpc) is 2.43. The van der Waals surface area contributed by atoms with Crippen molar-refractivity contribution in [2.24, 2.45) is 0 Å². The molecule has 20 heavy (non-hydrogen) atoms. The van der Waals surface area contributed by atoms with Crippen LogP contribution in [0.1, 0.15) is 38.8 Å². The smallest absolute Gasteiger partial charge is 0.0425 e. The Morgan fingerprint density at radius 3 is 2.65 bits per heavy atom. The first kappa shape index (κ1) is 17.9. The lowest BCUT2D eigenvalue weighted by molar-refractivity contribution is 0.590. The highest BCUT2D eigenvalue weighted by Gasteiger charge is 2.17. The molecule has 1 N–H and O–H groups in total. The summed E-state index contributed by atoms with van der Waals surface area (Å²) >= 11 is 5.52. The molecule has 0 amide bonds. The van der Waals surface area contributed by atoms with Crippen molar-refractivity contribution in [2.45, 2.75) is 39.3 Å². The molecule has 0 aliphatic carbocycles. The fourth-order valence-corrected chi connectivity index (χ4v) is 3.25. The highest BCUT2D eigenvalue weighted by Crippen LogP contribution is 2.30. The number of hydrogen-bond acceptors (Lipinski definition) is 3. The van der Waals surface area contributed by atoms with Crippen molar-refractivity contribution in [3.05, 3.63) is 28.2 Å². The number of hydrogen-bond donors (Lipinski definition) is 1. The van der Waals surface area contributed by atoms with E-state index in [0.29, 0.717) is 12.1 Å². The summed E-state index contributed by atoms with van der Waals surface area (Å²) in [4.78, 5) is 2.41. The van der Waals surface area contributed by atoms with Crippen LogP contribution in [0, 0.1) is 0 Å². The highest BCUT2D eigenvalue weighted by molar-refractivity contribution is 9.10. The fraction of sp³-hybridized carbons (Fsp3) is 0.625. The van der Waals surface area contributed by atoms with Crippen LogP contribution < -0.4 is 10.2 Å². The van der Waals surface area contributed by atoms with E-state index in [9.17, 15) is 0 Å². The summed E-state index contributed by atoms with van der Waals surface area (Å²) in [6, 6.07) is 7.51. The van der Waals surface area contributed by atoms with Gasteiger partial charge in [-0.15, -0.1) is 0 Å². The van der Waals surface area contributed by atoms with Gasteiger partial charge >= 0.3 is 0 Å². The van der Waals surface area contributed by atoms with Crippen molar-refractivity contribution < 1.29 is 0 Å². The Morgan fingerprint density at radius 1 is 1.35 bits per heavy atom. The van der Waals surface area contributed by atoms with Crippen LogP contribution in [0.25, 0.3) is 0 Å². The maximum atomic E-state index is 3.60. The van der Waals surface area contributed by atoms with E-state index in [1.54, 1.807) is 0 Å². The Morgan fingerprint density at radius 2 is 2.05 bits per heavy atom. The predicted molar refractivity (Wildman–Crippen MR) is 97.1 cm³/mol. The van der Waals surface area contributed by atoms with Crippen LogP contribution in [0.2, 0.25) is 0 Å². The Bertz CT molecular complexity index is 411. The van der Waals surface area contributed by atoms with Crippen LogP contribution in [0.4, 0.5) is 5.69 Å². The minimum absolute atomic E-state index is 0.373. The summed E-state index contributed by atoms with van der Waals surface area (Å²) < 4.78 is 1.14. The molecule has 0 bridgehead atoms. The first-order valence-corrected chi connectivity index (χ1v) is 9.44. The molecule has 0 radical (unpaired) electrons. The van der Waals surface area contributed by atoms with Gasteiger partial charge in [-0.05, 0) is 56.5 Å². The molecule has 0 aromatic heterocycles. The summed E-state index contributed by atoms with van der Waals surface area (Å²) in [5.41, 5.74) is 2.69. The number of anilines is 1. The van der Waals surface area contributed by atoms with Crippen LogP contribution in [0.3, 0.4) is 0 Å². The molecule has 0 aliphatic rings. The molecule has 0 heterocycles. The van der Waals surface area contributed by atoms with E-state index in [-0.39, 0.29) is 0 Å². The topological polar surface area (TPSA) is 15.3 Å². The summed E-state index contributed by atoms with van der Waals surface area (Å²) in [7, 11) is 2.20. The van der Waals surface area contributed by atoms with E-state index in [0.717, 1.165) is 11.0 Å². The third-order valence-electron chi connectivity index (χ3n) is 3.75. The van der Waals surface area contributed by atoms with E-state index in [4.69, 9.17) is 0 Å². The lowest BCUT2D eigenvalue weighted by atomic mass is 10.0. The van der Waals surface area contributed by atoms with Gasteiger partial charge < -0.3 is 10.2 Å². The molecule has 2 nitrogen and oxygen atoms in total. The molecular weight excluding hydrogens is 332 g/mol. The molecule has 2 atom stereocenters. The molecule has 1 rings (SSSR count). The molecule has 114 valence electrons. The second-order valence-electron chi connectivity index (χ2n) is 5.22. The summed E-state index contributed by atoms with van der Waals surface area (Å²) in [6.07, 6.45) is 3.38. The monoisotopic (exact) mass is 358 g/mol. The van der Waals surface area contributed by atoms with Gasteiger partial charge in [0, 0.05) is 29.3 Å². The number of nitrogens with one attached hydrogen (secondary N) is 1. The molecule has 2 unspecified atom stereocenters. The zero-order valence-corrected chi connectivity index (χ0v) is 15.6. The second-order valence-corrected chi connectivity index (χ2v) is 7.13. The van der Waals surface area contributed by atoms with E-state index >= 15 is 0 Å². The molecule has 0 saturated carbocycles. The molecule has 0 saturated heterocycles. The predicted octanol–water partition coefficient (Wildman–Crippen LogP) is 4.70. The number of thioether (sulfide) groups is 1. The summed E-state index contributed by atoms with van der Waals surface area (Å²) in [6.45, 7) is 7.68. The van der Waals surface area contributed by atoms with Gasteiger partial charge in [-0.3, -0.25) is 0 Å². The van der Waals surface area contributed by atoms with Gasteiger partial charge in [0.25, 0.3) is 0 Å². The second kappa shape index (κ2) is 8.96. The fourth-order valence-electron chi connectivity index (χ4n) is 2.32. The molecule has 1 aromatic carbocycles. The zero-order valence-electron chi connectivity index (χ0n) is 13.2. The van der Waals surface area contributed by atoms with Crippen LogP contribution in [0.5, 0.6) is 0 Å². The Balaban J connectivity index is 2.98. The highest BCUT2D eigenvalue weighted by atomic mass is 79.9. The molecule has 0 spiro atoms. The molecule has 1 aromatic rings. The number of benzene rings is 1. The van der Waals surface area contributed by atoms with Crippen molar-refractivity contribution >= 4 is 33.4 Å². The van der Waals surface area contributed by atoms with Crippen molar-refractivity contribution in [1.82, 2.24) is 5.32 Å². The van der Waals surface area contributed by atoms with Crippen molar-refractivity contribution in [1.29, 1.82) is 0 Å².